The first-order chi connectivity index (χ1) is 8.97. The van der Waals surface area contributed by atoms with Gasteiger partial charge in [0.15, 0.2) is 0 Å². The summed E-state index contributed by atoms with van der Waals surface area (Å²) in [5, 5.41) is 12.4. The minimum atomic E-state index is -0.228. The molecule has 0 aliphatic heterocycles. The number of amides is 1. The number of phenolic OH excluding ortho intramolecular Hbond substituents is 1. The number of nitrogens with two attached hydrogens (primary N) is 1. The molecule has 0 aliphatic carbocycles. The van der Waals surface area contributed by atoms with Crippen LogP contribution in [0, 0.1) is 6.92 Å². The molecule has 19 heavy (non-hydrogen) atoms. The van der Waals surface area contributed by atoms with Crippen LogP contribution in [0.4, 0.5) is 5.69 Å². The van der Waals surface area contributed by atoms with E-state index in [0.717, 1.165) is 4.88 Å². The van der Waals surface area contributed by atoms with E-state index in [1.54, 1.807) is 17.4 Å². The molecule has 0 fully saturated rings. The van der Waals surface area contributed by atoms with E-state index in [9.17, 15) is 9.90 Å². The zero-order valence-corrected chi connectivity index (χ0v) is 11.6. The van der Waals surface area contributed by atoms with Crippen molar-refractivity contribution in [2.45, 2.75) is 19.9 Å². The van der Waals surface area contributed by atoms with E-state index in [0.29, 0.717) is 5.56 Å². The number of rotatable bonds is 3. The van der Waals surface area contributed by atoms with Crippen LogP contribution in [0.3, 0.4) is 0 Å². The maximum absolute atomic E-state index is 12.0. The first-order valence-corrected chi connectivity index (χ1v) is 6.74. The largest absolute Gasteiger partial charge is 0.506 e. The number of carbonyl (C=O) groups excluding carboxylic acids is 1. The van der Waals surface area contributed by atoms with Crippen LogP contribution in [0.1, 0.15) is 33.1 Å². The molecule has 0 aliphatic rings. The van der Waals surface area contributed by atoms with Crippen molar-refractivity contribution in [1.29, 1.82) is 0 Å². The van der Waals surface area contributed by atoms with Gasteiger partial charge in [-0.15, -0.1) is 11.3 Å². The van der Waals surface area contributed by atoms with Gasteiger partial charge in [0.1, 0.15) is 5.75 Å². The number of nitrogen functional groups attached to an aromatic ring is 1. The first kappa shape index (κ1) is 13.4. The van der Waals surface area contributed by atoms with E-state index in [2.05, 4.69) is 5.32 Å². The minimum Gasteiger partial charge on any atom is -0.506 e. The molecule has 1 aromatic heterocycles. The fraction of sp³-hybridized carbons (Fsp3) is 0.214. The minimum absolute atomic E-state index is 0.0640. The Labute approximate surface area is 115 Å². The molecule has 4 N–H and O–H groups in total. The van der Waals surface area contributed by atoms with Crippen LogP contribution in [0.15, 0.2) is 30.3 Å². The third-order valence-corrected chi connectivity index (χ3v) is 4.01. The molecule has 100 valence electrons. The van der Waals surface area contributed by atoms with E-state index in [1.165, 1.54) is 17.0 Å². The van der Waals surface area contributed by atoms with Gasteiger partial charge in [-0.2, -0.15) is 0 Å². The van der Waals surface area contributed by atoms with Gasteiger partial charge in [0.2, 0.25) is 0 Å². The van der Waals surface area contributed by atoms with E-state index < -0.39 is 0 Å². The smallest absolute Gasteiger partial charge is 0.251 e. The molecule has 1 aromatic carbocycles. The second-order valence-electron chi connectivity index (χ2n) is 4.42. The Morgan fingerprint density at radius 1 is 1.37 bits per heavy atom. The summed E-state index contributed by atoms with van der Waals surface area (Å²) in [7, 11) is 0. The molecule has 0 radical (unpaired) electrons. The fourth-order valence-electron chi connectivity index (χ4n) is 1.72. The molecule has 1 amide bonds. The highest BCUT2D eigenvalue weighted by molar-refractivity contribution is 7.12. The van der Waals surface area contributed by atoms with Crippen molar-refractivity contribution < 1.29 is 9.90 Å². The summed E-state index contributed by atoms with van der Waals surface area (Å²) in [6.07, 6.45) is 0. The van der Waals surface area contributed by atoms with Crippen molar-refractivity contribution in [3.8, 4) is 5.75 Å². The highest BCUT2D eigenvalue weighted by Crippen LogP contribution is 2.24. The SMILES string of the molecule is Cc1ccc(C(C)NC(=O)c2ccc(N)c(O)c2)s1. The van der Waals surface area contributed by atoms with Gasteiger partial charge in [-0.1, -0.05) is 0 Å². The predicted octanol–water partition coefficient (Wildman–Crippen LogP) is 2.84. The lowest BCUT2D eigenvalue weighted by molar-refractivity contribution is 0.0940. The number of aryl methyl sites for hydroxylation is 1. The second-order valence-corrected chi connectivity index (χ2v) is 5.74. The van der Waals surface area contributed by atoms with Crippen LogP contribution in [-0.4, -0.2) is 11.0 Å². The van der Waals surface area contributed by atoms with Gasteiger partial charge in [0, 0.05) is 15.3 Å². The van der Waals surface area contributed by atoms with Crippen molar-refractivity contribution >= 4 is 22.9 Å². The highest BCUT2D eigenvalue weighted by Gasteiger charge is 2.13. The fourth-order valence-corrected chi connectivity index (χ4v) is 2.60. The molecule has 4 nitrogen and oxygen atoms in total. The maximum atomic E-state index is 12.0. The van der Waals surface area contributed by atoms with Crippen molar-refractivity contribution in [3.63, 3.8) is 0 Å². The van der Waals surface area contributed by atoms with Crippen LogP contribution < -0.4 is 11.1 Å². The third kappa shape index (κ3) is 3.06. The predicted molar refractivity (Wildman–Crippen MR) is 77.5 cm³/mol. The summed E-state index contributed by atoms with van der Waals surface area (Å²) < 4.78 is 0. The Balaban J connectivity index is 2.10. The molecule has 2 rings (SSSR count). The summed E-state index contributed by atoms with van der Waals surface area (Å²) in [6, 6.07) is 8.45. The van der Waals surface area contributed by atoms with Crippen LogP contribution in [0.25, 0.3) is 0 Å². The number of carbonyl (C=O) groups is 1. The number of aromatic hydroxyl groups is 1. The molecule has 1 atom stereocenters. The van der Waals surface area contributed by atoms with Gasteiger partial charge >= 0.3 is 0 Å². The van der Waals surface area contributed by atoms with Crippen molar-refractivity contribution in [2.24, 2.45) is 0 Å². The van der Waals surface area contributed by atoms with Crippen molar-refractivity contribution in [1.82, 2.24) is 5.32 Å². The van der Waals surface area contributed by atoms with Crippen LogP contribution in [-0.2, 0) is 0 Å². The normalized spacial score (nSPS) is 12.1. The Morgan fingerprint density at radius 2 is 2.11 bits per heavy atom. The molecule has 0 bridgehead atoms. The van der Waals surface area contributed by atoms with E-state index in [1.807, 2.05) is 26.0 Å². The van der Waals surface area contributed by atoms with E-state index in [4.69, 9.17) is 5.73 Å². The number of thiophene rings is 1. The van der Waals surface area contributed by atoms with Crippen LogP contribution >= 0.6 is 11.3 Å². The van der Waals surface area contributed by atoms with Crippen LogP contribution in [0.2, 0.25) is 0 Å². The number of anilines is 1. The Kier molecular flexibility index (Phi) is 3.76. The standard InChI is InChI=1S/C14H16N2O2S/c1-8-3-6-13(19-8)9(2)16-14(18)10-4-5-11(15)12(17)7-10/h3-7,9,17H,15H2,1-2H3,(H,16,18). The topological polar surface area (TPSA) is 75.4 Å². The van der Waals surface area contributed by atoms with Gasteiger partial charge in [0.05, 0.1) is 11.7 Å². The quantitative estimate of drug-likeness (QED) is 0.596. The lowest BCUT2D eigenvalue weighted by Crippen LogP contribution is -2.26. The third-order valence-electron chi connectivity index (χ3n) is 2.83. The molecule has 0 spiro atoms. The lowest BCUT2D eigenvalue weighted by Gasteiger charge is -2.12. The van der Waals surface area contributed by atoms with E-state index >= 15 is 0 Å². The van der Waals surface area contributed by atoms with Gasteiger partial charge in [-0.25, -0.2) is 0 Å². The number of phenols is 1. The number of hydrogen-bond acceptors (Lipinski definition) is 4. The average Bonchev–Trinajstić information content (AvgIpc) is 2.79. The zero-order valence-electron chi connectivity index (χ0n) is 10.8. The van der Waals surface area contributed by atoms with Crippen LogP contribution in [0.5, 0.6) is 5.75 Å². The van der Waals surface area contributed by atoms with Gasteiger partial charge in [-0.3, -0.25) is 4.79 Å². The zero-order chi connectivity index (χ0) is 14.0. The number of hydrogen-bond donors (Lipinski definition) is 3. The monoisotopic (exact) mass is 276 g/mol. The second kappa shape index (κ2) is 5.32. The Morgan fingerprint density at radius 3 is 2.68 bits per heavy atom. The van der Waals surface area contributed by atoms with Gasteiger partial charge in [0.25, 0.3) is 5.91 Å². The van der Waals surface area contributed by atoms with Crippen molar-refractivity contribution in [3.05, 3.63) is 45.6 Å². The first-order valence-electron chi connectivity index (χ1n) is 5.93. The molecule has 2 aromatic rings. The van der Waals surface area contributed by atoms with Gasteiger partial charge < -0.3 is 16.2 Å². The molecule has 1 unspecified atom stereocenters. The molecular formula is C14H16N2O2S. The maximum Gasteiger partial charge on any atom is 0.251 e. The average molecular weight is 276 g/mol. The summed E-state index contributed by atoms with van der Waals surface area (Å²) in [6.45, 7) is 3.96. The Bertz CT molecular complexity index is 607. The molecule has 1 heterocycles. The van der Waals surface area contributed by atoms with E-state index in [-0.39, 0.29) is 23.4 Å². The summed E-state index contributed by atoms with van der Waals surface area (Å²) in [5.41, 5.74) is 6.16. The molecule has 5 heteroatoms. The number of benzene rings is 1. The lowest BCUT2D eigenvalue weighted by atomic mass is 10.1. The summed E-state index contributed by atoms with van der Waals surface area (Å²) in [4.78, 5) is 14.4. The number of nitrogens with one attached hydrogen (secondary N) is 1. The molecule has 0 saturated carbocycles. The summed E-state index contributed by atoms with van der Waals surface area (Å²) in [5.74, 6) is -0.305. The Hall–Kier alpha value is -2.01. The van der Waals surface area contributed by atoms with Gasteiger partial charge in [-0.05, 0) is 44.2 Å². The summed E-state index contributed by atoms with van der Waals surface area (Å²) >= 11 is 1.65. The van der Waals surface area contributed by atoms with Crippen molar-refractivity contribution in [2.75, 3.05) is 5.73 Å². The molecular weight excluding hydrogens is 260 g/mol. The molecule has 0 saturated heterocycles. The highest BCUT2D eigenvalue weighted by atomic mass is 32.1.